The van der Waals surface area contributed by atoms with Crippen LogP contribution in [0.15, 0.2) is 60.7 Å². The first-order chi connectivity index (χ1) is 15.1. The third kappa shape index (κ3) is 4.28. The lowest BCUT2D eigenvalue weighted by molar-refractivity contribution is -0.142. The summed E-state index contributed by atoms with van der Waals surface area (Å²) in [6.45, 7) is 0.236. The van der Waals surface area contributed by atoms with Crippen molar-refractivity contribution in [3.8, 4) is 11.3 Å². The molecule has 0 radical (unpaired) electrons. The van der Waals surface area contributed by atoms with E-state index in [0.29, 0.717) is 15.1 Å². The molecule has 5 nitrogen and oxygen atoms in total. The maximum Gasteiger partial charge on any atom is 0.433 e. The standard InChI is InChI=1S/C22H15Cl2F3N4O/c1-30(12-13-5-3-2-4-6-13)21(32)19-18(24)20-28-16(14-7-9-15(23)10-8-14)11-17(22(25,26)27)31(20)29-19/h2-11H,12H2,1H3. The van der Waals surface area contributed by atoms with Crippen LogP contribution in [-0.4, -0.2) is 32.5 Å². The molecule has 0 saturated carbocycles. The van der Waals surface area contributed by atoms with Crippen molar-refractivity contribution in [3.05, 3.63) is 87.7 Å². The maximum absolute atomic E-state index is 13.8. The molecule has 0 saturated heterocycles. The second-order valence-electron chi connectivity index (χ2n) is 7.08. The van der Waals surface area contributed by atoms with E-state index >= 15 is 0 Å². The zero-order valence-electron chi connectivity index (χ0n) is 16.6. The molecule has 0 unspecified atom stereocenters. The van der Waals surface area contributed by atoms with E-state index in [4.69, 9.17) is 23.2 Å². The number of fused-ring (bicyclic) bond motifs is 1. The maximum atomic E-state index is 13.8. The molecular weight excluding hydrogens is 464 g/mol. The number of alkyl halides is 3. The third-order valence-corrected chi connectivity index (χ3v) is 5.38. The molecule has 0 aliphatic rings. The van der Waals surface area contributed by atoms with E-state index in [1.807, 2.05) is 30.3 Å². The van der Waals surface area contributed by atoms with E-state index in [1.165, 1.54) is 11.9 Å². The van der Waals surface area contributed by atoms with Gasteiger partial charge in [-0.25, -0.2) is 9.50 Å². The molecule has 2 aromatic carbocycles. The summed E-state index contributed by atoms with van der Waals surface area (Å²) in [5.74, 6) is -0.620. The van der Waals surface area contributed by atoms with Gasteiger partial charge in [0.1, 0.15) is 5.02 Å². The number of benzene rings is 2. The Morgan fingerprint density at radius 2 is 1.72 bits per heavy atom. The van der Waals surface area contributed by atoms with Crippen LogP contribution < -0.4 is 0 Å². The first-order valence-corrected chi connectivity index (χ1v) is 10.1. The summed E-state index contributed by atoms with van der Waals surface area (Å²) in [6.07, 6.45) is -4.76. The number of rotatable bonds is 4. The predicted molar refractivity (Wildman–Crippen MR) is 116 cm³/mol. The number of hydrogen-bond acceptors (Lipinski definition) is 3. The van der Waals surface area contributed by atoms with Crippen LogP contribution in [0.2, 0.25) is 10.0 Å². The fourth-order valence-electron chi connectivity index (χ4n) is 3.21. The number of amides is 1. The van der Waals surface area contributed by atoms with E-state index in [-0.39, 0.29) is 28.6 Å². The number of carbonyl (C=O) groups is 1. The highest BCUT2D eigenvalue weighted by molar-refractivity contribution is 6.36. The number of halogens is 5. The van der Waals surface area contributed by atoms with Crippen molar-refractivity contribution in [3.63, 3.8) is 0 Å². The molecule has 0 N–H and O–H groups in total. The van der Waals surface area contributed by atoms with Gasteiger partial charge in [-0.1, -0.05) is 65.7 Å². The molecule has 0 atom stereocenters. The Labute approximate surface area is 191 Å². The zero-order chi connectivity index (χ0) is 23.0. The smallest absolute Gasteiger partial charge is 0.336 e. The molecule has 0 aliphatic heterocycles. The first kappa shape index (κ1) is 22.1. The van der Waals surface area contributed by atoms with Gasteiger partial charge in [0.2, 0.25) is 0 Å². The lowest BCUT2D eigenvalue weighted by Crippen LogP contribution is -2.27. The Morgan fingerprint density at radius 3 is 2.34 bits per heavy atom. The van der Waals surface area contributed by atoms with Gasteiger partial charge in [0.05, 0.1) is 5.69 Å². The summed E-state index contributed by atoms with van der Waals surface area (Å²) >= 11 is 12.2. The van der Waals surface area contributed by atoms with Crippen LogP contribution in [0.3, 0.4) is 0 Å². The van der Waals surface area contributed by atoms with Gasteiger partial charge in [0.15, 0.2) is 17.0 Å². The fraction of sp³-hybridized carbons (Fsp3) is 0.136. The molecule has 2 heterocycles. The number of nitrogens with zero attached hydrogens (tertiary/aromatic N) is 4. The summed E-state index contributed by atoms with van der Waals surface area (Å²) < 4.78 is 42.0. The Hall–Kier alpha value is -3.10. The highest BCUT2D eigenvalue weighted by atomic mass is 35.5. The number of hydrogen-bond donors (Lipinski definition) is 0. The highest BCUT2D eigenvalue weighted by Gasteiger charge is 2.37. The molecule has 164 valence electrons. The lowest BCUT2D eigenvalue weighted by atomic mass is 10.1. The molecule has 0 aliphatic carbocycles. The van der Waals surface area contributed by atoms with E-state index in [0.717, 1.165) is 11.6 Å². The molecule has 0 fully saturated rings. The van der Waals surface area contributed by atoms with E-state index in [2.05, 4.69) is 10.1 Å². The molecule has 32 heavy (non-hydrogen) atoms. The van der Waals surface area contributed by atoms with Gasteiger partial charge in [-0.05, 0) is 23.8 Å². The van der Waals surface area contributed by atoms with Crippen molar-refractivity contribution in [2.24, 2.45) is 0 Å². The molecule has 4 aromatic rings. The van der Waals surface area contributed by atoms with Crippen LogP contribution in [0.5, 0.6) is 0 Å². The predicted octanol–water partition coefficient (Wildman–Crippen LogP) is 5.99. The lowest BCUT2D eigenvalue weighted by Gasteiger charge is -2.16. The van der Waals surface area contributed by atoms with Gasteiger partial charge < -0.3 is 4.90 Å². The molecule has 2 aromatic heterocycles. The third-order valence-electron chi connectivity index (χ3n) is 4.78. The van der Waals surface area contributed by atoms with Crippen LogP contribution in [-0.2, 0) is 12.7 Å². The summed E-state index contributed by atoms with van der Waals surface area (Å²) in [6, 6.07) is 16.2. The average Bonchev–Trinajstić information content (AvgIpc) is 3.09. The molecule has 0 bridgehead atoms. The number of carbonyl (C=O) groups excluding carboxylic acids is 1. The Bertz CT molecular complexity index is 1290. The summed E-state index contributed by atoms with van der Waals surface area (Å²) in [5.41, 5.74) is -0.380. The van der Waals surface area contributed by atoms with Crippen LogP contribution in [0, 0.1) is 0 Å². The van der Waals surface area contributed by atoms with E-state index in [9.17, 15) is 18.0 Å². The second-order valence-corrected chi connectivity index (χ2v) is 7.89. The first-order valence-electron chi connectivity index (χ1n) is 9.37. The molecular formula is C22H15Cl2F3N4O. The minimum absolute atomic E-state index is 0.0277. The highest BCUT2D eigenvalue weighted by Crippen LogP contribution is 2.35. The van der Waals surface area contributed by atoms with Crippen molar-refractivity contribution < 1.29 is 18.0 Å². The minimum Gasteiger partial charge on any atom is -0.336 e. The Balaban J connectivity index is 1.81. The summed E-state index contributed by atoms with van der Waals surface area (Å²) in [4.78, 5) is 18.5. The monoisotopic (exact) mass is 478 g/mol. The fourth-order valence-corrected chi connectivity index (χ4v) is 3.58. The number of aromatic nitrogens is 3. The normalized spacial score (nSPS) is 11.7. The van der Waals surface area contributed by atoms with Crippen LogP contribution in [0.25, 0.3) is 16.9 Å². The Morgan fingerprint density at radius 1 is 1.06 bits per heavy atom. The summed E-state index contributed by atoms with van der Waals surface area (Å²) in [5, 5.41) is 4.06. The molecule has 1 amide bonds. The average molecular weight is 479 g/mol. The van der Waals surface area contributed by atoms with Gasteiger partial charge in [0, 0.05) is 24.2 Å². The van der Waals surface area contributed by atoms with Crippen molar-refractivity contribution in [1.82, 2.24) is 19.5 Å². The quantitative estimate of drug-likeness (QED) is 0.361. The van der Waals surface area contributed by atoms with Crippen LogP contribution in [0.1, 0.15) is 21.7 Å². The SMILES string of the molecule is CN(Cc1ccccc1)C(=O)c1nn2c(C(F)(F)F)cc(-c3ccc(Cl)cc3)nc2c1Cl. The largest absolute Gasteiger partial charge is 0.433 e. The topological polar surface area (TPSA) is 50.5 Å². The Kier molecular flexibility index (Phi) is 5.83. The molecule has 10 heteroatoms. The van der Waals surface area contributed by atoms with Crippen molar-refractivity contribution >= 4 is 34.8 Å². The van der Waals surface area contributed by atoms with Gasteiger partial charge in [-0.15, -0.1) is 0 Å². The summed E-state index contributed by atoms with van der Waals surface area (Å²) in [7, 11) is 1.52. The van der Waals surface area contributed by atoms with Gasteiger partial charge in [-0.2, -0.15) is 18.3 Å². The van der Waals surface area contributed by atoms with Crippen LogP contribution in [0.4, 0.5) is 13.2 Å². The molecule has 0 spiro atoms. The van der Waals surface area contributed by atoms with Crippen molar-refractivity contribution in [1.29, 1.82) is 0 Å². The minimum atomic E-state index is -4.76. The molecule has 4 rings (SSSR count). The van der Waals surface area contributed by atoms with E-state index in [1.54, 1.807) is 24.3 Å². The van der Waals surface area contributed by atoms with Crippen molar-refractivity contribution in [2.75, 3.05) is 7.05 Å². The van der Waals surface area contributed by atoms with Gasteiger partial charge >= 0.3 is 6.18 Å². The van der Waals surface area contributed by atoms with E-state index < -0.39 is 17.8 Å². The van der Waals surface area contributed by atoms with Gasteiger partial charge in [0.25, 0.3) is 5.91 Å². The second kappa shape index (κ2) is 8.44. The van der Waals surface area contributed by atoms with Gasteiger partial charge in [-0.3, -0.25) is 4.79 Å². The van der Waals surface area contributed by atoms with Crippen molar-refractivity contribution in [2.45, 2.75) is 12.7 Å². The zero-order valence-corrected chi connectivity index (χ0v) is 18.1. The van der Waals surface area contributed by atoms with Crippen LogP contribution >= 0.6 is 23.2 Å².